The second-order valence-corrected chi connectivity index (χ2v) is 6.67. The molecule has 0 aliphatic heterocycles. The Labute approximate surface area is 126 Å². The van der Waals surface area contributed by atoms with E-state index in [-0.39, 0.29) is 11.5 Å². The van der Waals surface area contributed by atoms with E-state index in [0.717, 1.165) is 12.2 Å². The van der Waals surface area contributed by atoms with E-state index < -0.39 is 0 Å². The summed E-state index contributed by atoms with van der Waals surface area (Å²) >= 11 is 6.04. The predicted molar refractivity (Wildman–Crippen MR) is 82.6 cm³/mol. The van der Waals surface area contributed by atoms with E-state index in [0.29, 0.717) is 22.8 Å². The van der Waals surface area contributed by atoms with Gasteiger partial charge in [0.25, 0.3) is 0 Å². The number of rotatable bonds is 4. The molecule has 0 saturated heterocycles. The maximum Gasteiger partial charge on any atom is 0.205 e. The monoisotopic (exact) mass is 292 g/mol. The van der Waals surface area contributed by atoms with Crippen molar-refractivity contribution in [3.8, 4) is 5.75 Å². The van der Waals surface area contributed by atoms with Crippen molar-refractivity contribution in [3.63, 3.8) is 0 Å². The maximum atomic E-state index is 6.99. The van der Waals surface area contributed by atoms with Crippen molar-refractivity contribution < 1.29 is 4.74 Å². The van der Waals surface area contributed by atoms with Crippen molar-refractivity contribution in [1.82, 2.24) is 5.32 Å². The van der Waals surface area contributed by atoms with Gasteiger partial charge in [0.15, 0.2) is 0 Å². The Balaban J connectivity index is 2.02. The Morgan fingerprint density at radius 2 is 2.15 bits per heavy atom. The molecule has 0 spiro atoms. The zero-order valence-corrected chi connectivity index (χ0v) is 13.2. The molecule has 0 heterocycles. The van der Waals surface area contributed by atoms with E-state index in [1.165, 1.54) is 0 Å². The quantitative estimate of drug-likeness (QED) is 0.831. The van der Waals surface area contributed by atoms with E-state index in [2.05, 4.69) is 37.9 Å². The summed E-state index contributed by atoms with van der Waals surface area (Å²) in [5.74, 6) is 0.739. The fourth-order valence-electron chi connectivity index (χ4n) is 2.59. The van der Waals surface area contributed by atoms with Gasteiger partial charge in [-0.3, -0.25) is 0 Å². The molecule has 1 fully saturated rings. The van der Waals surface area contributed by atoms with Crippen LogP contribution in [0.5, 0.6) is 5.75 Å². The summed E-state index contributed by atoms with van der Waals surface area (Å²) in [4.78, 5) is 3.35. The second-order valence-electron chi connectivity index (χ2n) is 6.26. The summed E-state index contributed by atoms with van der Waals surface area (Å²) in [6.45, 7) is 15.7. The third-order valence-corrected chi connectivity index (χ3v) is 4.33. The molecule has 1 aliphatic carbocycles. The van der Waals surface area contributed by atoms with Crippen LogP contribution in [0.2, 0.25) is 5.02 Å². The average molecular weight is 293 g/mol. The van der Waals surface area contributed by atoms with Crippen LogP contribution in [0.25, 0.3) is 4.85 Å². The number of halogens is 1. The van der Waals surface area contributed by atoms with Crippen LogP contribution < -0.4 is 10.1 Å². The largest absolute Gasteiger partial charge is 0.490 e. The molecule has 1 N–H and O–H groups in total. The van der Waals surface area contributed by atoms with Gasteiger partial charge in [0.05, 0.1) is 11.6 Å². The molecular weight excluding hydrogens is 272 g/mol. The topological polar surface area (TPSA) is 25.6 Å². The Morgan fingerprint density at radius 3 is 2.65 bits per heavy atom. The highest BCUT2D eigenvalue weighted by Gasteiger charge is 2.49. The molecule has 1 aromatic rings. The van der Waals surface area contributed by atoms with Gasteiger partial charge >= 0.3 is 0 Å². The van der Waals surface area contributed by atoms with Crippen LogP contribution in [0, 0.1) is 12.0 Å². The Kier molecular flexibility index (Phi) is 4.27. The Morgan fingerprint density at radius 1 is 1.45 bits per heavy atom. The average Bonchev–Trinajstić information content (AvgIpc) is 2.37. The smallest absolute Gasteiger partial charge is 0.205 e. The van der Waals surface area contributed by atoms with Gasteiger partial charge in [0.1, 0.15) is 11.9 Å². The lowest BCUT2D eigenvalue weighted by Gasteiger charge is -2.52. The number of hydrogen-bond acceptors (Lipinski definition) is 2. The summed E-state index contributed by atoms with van der Waals surface area (Å²) in [7, 11) is 0. The SMILES string of the molecule is [C-]#[N+]c1ccc(O[C@@H]2C[C@H](NC(C)C)C2(C)C)cc1Cl. The molecule has 0 amide bonds. The zero-order valence-electron chi connectivity index (χ0n) is 12.4. The van der Waals surface area contributed by atoms with Crippen molar-refractivity contribution >= 4 is 17.3 Å². The van der Waals surface area contributed by atoms with Crippen LogP contribution in [0.4, 0.5) is 5.69 Å². The van der Waals surface area contributed by atoms with Crippen LogP contribution in [-0.4, -0.2) is 18.2 Å². The third-order valence-electron chi connectivity index (χ3n) is 4.03. The molecule has 1 aliphatic rings. The molecule has 20 heavy (non-hydrogen) atoms. The first-order valence-electron chi connectivity index (χ1n) is 6.94. The van der Waals surface area contributed by atoms with Gasteiger partial charge in [-0.2, -0.15) is 0 Å². The normalized spacial score (nSPS) is 24.1. The molecular formula is C16H21ClN2O. The molecule has 2 rings (SSSR count). The van der Waals surface area contributed by atoms with E-state index >= 15 is 0 Å². The van der Waals surface area contributed by atoms with E-state index in [1.54, 1.807) is 12.1 Å². The van der Waals surface area contributed by atoms with Crippen LogP contribution >= 0.6 is 11.6 Å². The molecule has 1 aromatic carbocycles. The van der Waals surface area contributed by atoms with Gasteiger partial charge in [-0.05, 0) is 12.1 Å². The van der Waals surface area contributed by atoms with Gasteiger partial charge < -0.3 is 10.1 Å². The predicted octanol–water partition coefficient (Wildman–Crippen LogP) is 4.43. The fourth-order valence-corrected chi connectivity index (χ4v) is 2.80. The van der Waals surface area contributed by atoms with Crippen molar-refractivity contribution in [1.29, 1.82) is 0 Å². The van der Waals surface area contributed by atoms with Crippen LogP contribution in [0.1, 0.15) is 34.1 Å². The molecule has 3 nitrogen and oxygen atoms in total. The Hall–Kier alpha value is -1.24. The Bertz CT molecular complexity index is 534. The van der Waals surface area contributed by atoms with Crippen molar-refractivity contribution in [2.75, 3.05) is 0 Å². The summed E-state index contributed by atoms with van der Waals surface area (Å²) in [6, 6.07) is 6.21. The molecule has 0 bridgehead atoms. The summed E-state index contributed by atoms with van der Waals surface area (Å²) in [6.07, 6.45) is 1.17. The number of benzene rings is 1. The van der Waals surface area contributed by atoms with Crippen LogP contribution in [0.3, 0.4) is 0 Å². The van der Waals surface area contributed by atoms with Gasteiger partial charge in [-0.25, -0.2) is 4.85 Å². The molecule has 0 aromatic heterocycles. The first-order valence-corrected chi connectivity index (χ1v) is 7.32. The van der Waals surface area contributed by atoms with Crippen LogP contribution in [0.15, 0.2) is 18.2 Å². The van der Waals surface area contributed by atoms with Gasteiger partial charge in [-0.1, -0.05) is 45.4 Å². The van der Waals surface area contributed by atoms with Gasteiger partial charge in [0, 0.05) is 23.9 Å². The summed E-state index contributed by atoms with van der Waals surface area (Å²) in [5.41, 5.74) is 0.557. The van der Waals surface area contributed by atoms with E-state index in [9.17, 15) is 0 Å². The molecule has 108 valence electrons. The third kappa shape index (κ3) is 2.92. The van der Waals surface area contributed by atoms with Gasteiger partial charge in [0.2, 0.25) is 5.69 Å². The molecule has 0 unspecified atom stereocenters. The number of nitrogens with zero attached hydrogens (tertiary/aromatic N) is 1. The standard InChI is InChI=1S/C16H21ClN2O/c1-10(2)19-14-9-15(16(14,3)4)20-11-6-7-13(18-5)12(17)8-11/h6-8,10,14-15,19H,9H2,1-4H3/t14-,15+/m0/s1. The molecule has 1 saturated carbocycles. The number of nitrogens with one attached hydrogen (secondary N) is 1. The first kappa shape index (κ1) is 15.2. The molecule has 4 heteroatoms. The first-order chi connectivity index (χ1) is 9.34. The second kappa shape index (κ2) is 5.63. The number of ether oxygens (including phenoxy) is 1. The highest BCUT2D eigenvalue weighted by molar-refractivity contribution is 6.33. The highest BCUT2D eigenvalue weighted by atomic mass is 35.5. The molecule has 2 atom stereocenters. The van der Waals surface area contributed by atoms with Crippen LogP contribution in [-0.2, 0) is 0 Å². The zero-order chi connectivity index (χ0) is 14.9. The van der Waals surface area contributed by atoms with Crippen molar-refractivity contribution in [3.05, 3.63) is 34.6 Å². The van der Waals surface area contributed by atoms with Gasteiger partial charge in [-0.15, -0.1) is 0 Å². The summed E-state index contributed by atoms with van der Waals surface area (Å²) < 4.78 is 6.03. The highest BCUT2D eigenvalue weighted by Crippen LogP contribution is 2.43. The van der Waals surface area contributed by atoms with E-state index in [4.69, 9.17) is 22.9 Å². The fraction of sp³-hybridized carbons (Fsp3) is 0.562. The van der Waals surface area contributed by atoms with E-state index in [1.807, 2.05) is 6.07 Å². The van der Waals surface area contributed by atoms with Crippen molar-refractivity contribution in [2.24, 2.45) is 5.41 Å². The lowest BCUT2D eigenvalue weighted by atomic mass is 9.64. The number of hydrogen-bond donors (Lipinski definition) is 1. The lowest BCUT2D eigenvalue weighted by Crippen LogP contribution is -2.63. The lowest BCUT2D eigenvalue weighted by molar-refractivity contribution is -0.0574. The minimum atomic E-state index is 0.0925. The summed E-state index contributed by atoms with van der Waals surface area (Å²) in [5, 5.41) is 4.02. The maximum absolute atomic E-state index is 6.99. The van der Waals surface area contributed by atoms with Crippen molar-refractivity contribution in [2.45, 2.75) is 52.3 Å². The minimum absolute atomic E-state index is 0.0925. The minimum Gasteiger partial charge on any atom is -0.490 e. The molecule has 0 radical (unpaired) electrons.